The third kappa shape index (κ3) is 9.93. The molecule has 0 spiro atoms. The Kier molecular flexibility index (Phi) is 13.7. The van der Waals surface area contributed by atoms with Crippen molar-refractivity contribution in [3.63, 3.8) is 0 Å². The number of aliphatic hydroxyl groups excluding tert-OH is 1. The van der Waals surface area contributed by atoms with E-state index < -0.39 is 34.1 Å². The third-order valence-corrected chi connectivity index (χ3v) is 11.4. The minimum absolute atomic E-state index is 0.0275. The number of aromatic nitrogens is 1. The Balaban J connectivity index is 1.60. The van der Waals surface area contributed by atoms with Crippen LogP contribution in [-0.4, -0.2) is 100 Å². The van der Waals surface area contributed by atoms with E-state index in [1.54, 1.807) is 16.0 Å². The summed E-state index contributed by atoms with van der Waals surface area (Å²) in [6, 6.07) is 15.3. The van der Waals surface area contributed by atoms with Crippen LogP contribution in [0.5, 0.6) is 0 Å². The fourth-order valence-electron chi connectivity index (χ4n) is 6.47. The van der Waals surface area contributed by atoms with Crippen LogP contribution in [0.3, 0.4) is 0 Å². The molecular formula is C38H52N6O6S. The molecule has 276 valence electrons. The number of benzene rings is 2. The minimum Gasteiger partial charge on any atom is -0.411 e. The number of sulfonamides is 1. The molecule has 0 unspecified atom stereocenters. The van der Waals surface area contributed by atoms with E-state index in [2.05, 4.69) is 15.5 Å². The summed E-state index contributed by atoms with van der Waals surface area (Å²) in [6.45, 7) is 12.7. The van der Waals surface area contributed by atoms with E-state index in [0.717, 1.165) is 22.4 Å². The van der Waals surface area contributed by atoms with Crippen molar-refractivity contribution in [1.82, 2.24) is 24.4 Å². The number of rotatable bonds is 17. The third-order valence-electron chi connectivity index (χ3n) is 9.54. The summed E-state index contributed by atoms with van der Waals surface area (Å²) < 4.78 is 29.1. The van der Waals surface area contributed by atoms with Crippen LogP contribution in [-0.2, 0) is 27.8 Å². The summed E-state index contributed by atoms with van der Waals surface area (Å²) in [7, 11) is -4.06. The monoisotopic (exact) mass is 720 g/mol. The van der Waals surface area contributed by atoms with Crippen molar-refractivity contribution in [3.05, 3.63) is 94.8 Å². The molecule has 0 radical (unpaired) electrons. The first kappa shape index (κ1) is 39.5. The van der Waals surface area contributed by atoms with Gasteiger partial charge in [0.2, 0.25) is 15.9 Å². The van der Waals surface area contributed by atoms with E-state index in [1.807, 2.05) is 77.9 Å². The van der Waals surface area contributed by atoms with Gasteiger partial charge < -0.3 is 25.4 Å². The fraction of sp³-hybridized carbons (Fsp3) is 0.474. The molecule has 0 bridgehead atoms. The number of nitrogens with zero attached hydrogens (tertiary/aromatic N) is 5. The standard InChI is InChI=1S/C38H52N6O6S/c1-7-27(4)36(44-20-19-42(38(44)47)24-33-28(5)17-18-39-29(33)6)37(46)41-34(21-30-11-9-8-10-12-30)35(45)25-43(23-26(2)3)51(49,50)32-15-13-31(14-16-32)22-40-48/h8-18,22,26-27,34-36,45,48H,7,19-21,23-25H2,1-6H3,(H,41,46)/t27-,34-,35-,36-/m0/s1. The highest BCUT2D eigenvalue weighted by molar-refractivity contribution is 7.89. The molecule has 12 nitrogen and oxygen atoms in total. The fourth-order valence-corrected chi connectivity index (χ4v) is 8.09. The van der Waals surface area contributed by atoms with Gasteiger partial charge in [-0.1, -0.05) is 81.7 Å². The van der Waals surface area contributed by atoms with Crippen molar-refractivity contribution < 1.29 is 28.3 Å². The molecule has 1 aliphatic rings. The van der Waals surface area contributed by atoms with Crippen LogP contribution >= 0.6 is 0 Å². The van der Waals surface area contributed by atoms with Crippen LogP contribution in [0.4, 0.5) is 4.79 Å². The summed E-state index contributed by atoms with van der Waals surface area (Å²) in [5, 5.41) is 26.7. The number of hydrogen-bond donors (Lipinski definition) is 3. The SMILES string of the molecule is CC[C@H](C)[C@@H](C(=O)N[C@@H](Cc1ccccc1)[C@@H](O)CN(CC(C)C)S(=O)(=O)c1ccc(C=NO)cc1)N1CCN(Cc2c(C)ccnc2C)C1=O. The van der Waals surface area contributed by atoms with E-state index in [1.165, 1.54) is 34.8 Å². The van der Waals surface area contributed by atoms with Gasteiger partial charge in [-0.15, -0.1) is 0 Å². The van der Waals surface area contributed by atoms with Gasteiger partial charge in [0.05, 0.1) is 23.3 Å². The number of pyridine rings is 1. The highest BCUT2D eigenvalue weighted by Gasteiger charge is 2.41. The average Bonchev–Trinajstić information content (AvgIpc) is 3.45. The van der Waals surface area contributed by atoms with Crippen LogP contribution in [0, 0.1) is 25.7 Å². The number of oxime groups is 1. The van der Waals surface area contributed by atoms with Gasteiger partial charge in [0.15, 0.2) is 0 Å². The molecule has 3 N–H and O–H groups in total. The molecule has 1 aromatic heterocycles. The van der Waals surface area contributed by atoms with Gasteiger partial charge in [-0.05, 0) is 72.6 Å². The summed E-state index contributed by atoms with van der Waals surface area (Å²) in [6.07, 6.45) is 2.54. The molecular weight excluding hydrogens is 669 g/mol. The molecule has 3 aromatic rings. The topological polar surface area (TPSA) is 156 Å². The average molecular weight is 721 g/mol. The van der Waals surface area contributed by atoms with E-state index in [-0.39, 0.29) is 42.3 Å². The van der Waals surface area contributed by atoms with Crippen molar-refractivity contribution >= 4 is 28.2 Å². The van der Waals surface area contributed by atoms with Gasteiger partial charge in [-0.25, -0.2) is 13.2 Å². The van der Waals surface area contributed by atoms with Crippen molar-refractivity contribution in [2.45, 2.75) is 84.0 Å². The second-order valence-corrected chi connectivity index (χ2v) is 15.8. The number of carbonyl (C=O) groups excluding carboxylic acids is 2. The zero-order chi connectivity index (χ0) is 37.3. The van der Waals surface area contributed by atoms with E-state index in [0.29, 0.717) is 31.6 Å². The van der Waals surface area contributed by atoms with Gasteiger partial charge >= 0.3 is 6.03 Å². The van der Waals surface area contributed by atoms with Gasteiger partial charge in [-0.3, -0.25) is 9.78 Å². The second-order valence-electron chi connectivity index (χ2n) is 13.8. The maximum atomic E-state index is 14.3. The Morgan fingerprint density at radius 1 is 1.04 bits per heavy atom. The number of aryl methyl sites for hydroxylation is 2. The summed E-state index contributed by atoms with van der Waals surface area (Å²) in [4.78, 5) is 36.0. The quantitative estimate of drug-likeness (QED) is 0.105. The Bertz CT molecular complexity index is 1730. The lowest BCUT2D eigenvalue weighted by Gasteiger charge is -2.35. The molecule has 1 fully saturated rings. The second kappa shape index (κ2) is 17.7. The number of amides is 3. The van der Waals surface area contributed by atoms with Crippen LogP contribution in [0.2, 0.25) is 0 Å². The predicted molar refractivity (Wildman–Crippen MR) is 197 cm³/mol. The van der Waals surface area contributed by atoms with Crippen molar-refractivity contribution in [1.29, 1.82) is 0 Å². The largest absolute Gasteiger partial charge is 0.411 e. The molecule has 4 rings (SSSR count). The number of hydrogen-bond acceptors (Lipinski definition) is 8. The van der Waals surface area contributed by atoms with Crippen LogP contribution < -0.4 is 5.32 Å². The molecule has 3 amide bonds. The van der Waals surface area contributed by atoms with Crippen molar-refractivity contribution in [2.24, 2.45) is 17.0 Å². The van der Waals surface area contributed by atoms with Gasteiger partial charge in [-0.2, -0.15) is 4.31 Å². The van der Waals surface area contributed by atoms with Crippen molar-refractivity contribution in [2.75, 3.05) is 26.2 Å². The minimum atomic E-state index is -4.06. The molecule has 0 aliphatic carbocycles. The van der Waals surface area contributed by atoms with Gasteiger partial charge in [0, 0.05) is 44.6 Å². The summed E-state index contributed by atoms with van der Waals surface area (Å²) >= 11 is 0. The summed E-state index contributed by atoms with van der Waals surface area (Å²) in [5.41, 5.74) is 4.27. The van der Waals surface area contributed by atoms with Gasteiger partial charge in [0.25, 0.3) is 0 Å². The number of urea groups is 1. The molecule has 13 heteroatoms. The molecule has 1 saturated heterocycles. The zero-order valence-electron chi connectivity index (χ0n) is 30.4. The molecule has 4 atom stereocenters. The van der Waals surface area contributed by atoms with E-state index in [9.17, 15) is 23.1 Å². The number of nitrogens with one attached hydrogen (secondary N) is 1. The maximum Gasteiger partial charge on any atom is 0.321 e. The van der Waals surface area contributed by atoms with Crippen LogP contribution in [0.15, 0.2) is 76.9 Å². The lowest BCUT2D eigenvalue weighted by molar-refractivity contribution is -0.128. The summed E-state index contributed by atoms with van der Waals surface area (Å²) in [5.74, 6) is -0.650. The first-order valence-corrected chi connectivity index (χ1v) is 19.0. The Hall–Kier alpha value is -4.33. The van der Waals surface area contributed by atoms with E-state index >= 15 is 0 Å². The van der Waals surface area contributed by atoms with Crippen molar-refractivity contribution in [3.8, 4) is 0 Å². The van der Waals surface area contributed by atoms with Crippen LogP contribution in [0.25, 0.3) is 0 Å². The highest BCUT2D eigenvalue weighted by atomic mass is 32.2. The van der Waals surface area contributed by atoms with E-state index in [4.69, 9.17) is 5.21 Å². The first-order valence-electron chi connectivity index (χ1n) is 17.5. The smallest absolute Gasteiger partial charge is 0.321 e. The number of aliphatic hydroxyl groups is 1. The first-order chi connectivity index (χ1) is 24.3. The lowest BCUT2D eigenvalue weighted by atomic mass is 9.95. The Morgan fingerprint density at radius 2 is 1.73 bits per heavy atom. The molecule has 2 aromatic carbocycles. The van der Waals surface area contributed by atoms with Gasteiger partial charge in [0.1, 0.15) is 6.04 Å². The Labute approximate surface area is 302 Å². The molecule has 1 aliphatic heterocycles. The molecule has 2 heterocycles. The lowest BCUT2D eigenvalue weighted by Crippen LogP contribution is -2.57. The highest BCUT2D eigenvalue weighted by Crippen LogP contribution is 2.25. The van der Waals surface area contributed by atoms with Crippen LogP contribution in [0.1, 0.15) is 62.1 Å². The normalized spacial score (nSPS) is 16.2. The predicted octanol–water partition coefficient (Wildman–Crippen LogP) is 4.59. The zero-order valence-corrected chi connectivity index (χ0v) is 31.3. The molecule has 51 heavy (non-hydrogen) atoms. The Morgan fingerprint density at radius 3 is 2.33 bits per heavy atom. The molecule has 0 saturated carbocycles. The number of carbonyl (C=O) groups is 2. The maximum absolute atomic E-state index is 14.3.